The predicted octanol–water partition coefficient (Wildman–Crippen LogP) is 3.49. The fourth-order valence-electron chi connectivity index (χ4n) is 6.36. The maximum atomic E-state index is 13.3. The Hall–Kier alpha value is -4.26. The number of carboxylic acids is 1. The summed E-state index contributed by atoms with van der Waals surface area (Å²) in [4.78, 5) is 63.3. The van der Waals surface area contributed by atoms with Crippen molar-refractivity contribution in [1.82, 2.24) is 9.80 Å². The van der Waals surface area contributed by atoms with Crippen LogP contribution in [-0.2, 0) is 23.9 Å². The highest BCUT2D eigenvalue weighted by Gasteiger charge is 2.73. The number of esters is 1. The zero-order chi connectivity index (χ0) is 31.1. The largest absolute Gasteiger partial charge is 0.496 e. The number of imide groups is 1. The third-order valence-corrected chi connectivity index (χ3v) is 8.18. The number of ether oxygens (including phenoxy) is 2. The van der Waals surface area contributed by atoms with Crippen molar-refractivity contribution >= 4 is 29.5 Å². The number of ketones is 1. The number of carbonyl (C=O) groups is 5. The van der Waals surface area contributed by atoms with Crippen LogP contribution in [0.15, 0.2) is 42.5 Å². The molecule has 224 valence electrons. The Morgan fingerprint density at radius 1 is 1.02 bits per heavy atom. The minimum Gasteiger partial charge on any atom is -0.496 e. The predicted molar refractivity (Wildman–Crippen MR) is 140 cm³/mol. The third-order valence-electron chi connectivity index (χ3n) is 8.18. The highest BCUT2D eigenvalue weighted by molar-refractivity contribution is 6.09. The number of likely N-dealkylation sites (tertiary alicyclic amines) is 1. The molecule has 5 rings (SSSR count). The lowest BCUT2D eigenvalue weighted by Gasteiger charge is -2.35. The smallest absolute Gasteiger partial charge is 0.490 e. The monoisotopic (exact) mass is 590 g/mol. The molecule has 0 saturated carbocycles. The minimum atomic E-state index is -5.08. The van der Waals surface area contributed by atoms with E-state index >= 15 is 0 Å². The first-order valence-electron chi connectivity index (χ1n) is 13.0. The van der Waals surface area contributed by atoms with Crippen molar-refractivity contribution < 1.29 is 51.7 Å². The summed E-state index contributed by atoms with van der Waals surface area (Å²) in [6.45, 7) is 2.12. The van der Waals surface area contributed by atoms with E-state index in [1.165, 1.54) is 21.1 Å². The summed E-state index contributed by atoms with van der Waals surface area (Å²) in [5.41, 5.74) is 2.02. The van der Waals surface area contributed by atoms with E-state index in [1.54, 1.807) is 19.2 Å². The number of halogens is 3. The molecular formula is C29H29F3N2O8. The number of hydrogen-bond donors (Lipinski definition) is 1. The van der Waals surface area contributed by atoms with Gasteiger partial charge in [-0.1, -0.05) is 36.4 Å². The van der Waals surface area contributed by atoms with Crippen molar-refractivity contribution in [3.8, 4) is 16.9 Å². The first-order chi connectivity index (χ1) is 19.7. The second-order valence-corrected chi connectivity index (χ2v) is 10.3. The number of carbonyl (C=O) groups excluding carboxylic acids is 4. The summed E-state index contributed by atoms with van der Waals surface area (Å²) >= 11 is 0. The van der Waals surface area contributed by atoms with Gasteiger partial charge in [0.1, 0.15) is 11.3 Å². The number of amides is 2. The van der Waals surface area contributed by atoms with Crippen LogP contribution in [0.5, 0.6) is 5.75 Å². The van der Waals surface area contributed by atoms with Gasteiger partial charge in [0.15, 0.2) is 5.78 Å². The quantitative estimate of drug-likeness (QED) is 0.316. The normalized spacial score (nSPS) is 24.9. The molecule has 0 spiro atoms. The van der Waals surface area contributed by atoms with Crippen LogP contribution in [0.1, 0.15) is 41.7 Å². The molecule has 10 nitrogen and oxygen atoms in total. The van der Waals surface area contributed by atoms with Crippen molar-refractivity contribution in [3.63, 3.8) is 0 Å². The lowest BCUT2D eigenvalue weighted by Crippen LogP contribution is -2.54. The van der Waals surface area contributed by atoms with Gasteiger partial charge in [0, 0.05) is 24.2 Å². The number of hydrogen-bond acceptors (Lipinski definition) is 8. The van der Waals surface area contributed by atoms with Crippen LogP contribution in [0.4, 0.5) is 13.2 Å². The topological polar surface area (TPSA) is 131 Å². The van der Waals surface area contributed by atoms with Gasteiger partial charge in [-0.15, -0.1) is 0 Å². The number of nitrogens with zero attached hydrogens (tertiary/aromatic N) is 2. The van der Waals surface area contributed by atoms with Gasteiger partial charge in [0.05, 0.1) is 26.1 Å². The van der Waals surface area contributed by atoms with Crippen molar-refractivity contribution in [2.45, 2.75) is 37.5 Å². The van der Waals surface area contributed by atoms with Gasteiger partial charge in [-0.2, -0.15) is 13.2 Å². The van der Waals surface area contributed by atoms with Gasteiger partial charge in [-0.25, -0.2) is 4.79 Å². The average molecular weight is 591 g/mol. The van der Waals surface area contributed by atoms with Crippen LogP contribution < -0.4 is 4.74 Å². The molecule has 13 heteroatoms. The van der Waals surface area contributed by atoms with E-state index in [0.717, 1.165) is 28.0 Å². The number of fused-ring (bicyclic) bond motifs is 3. The number of benzene rings is 2. The average Bonchev–Trinajstić information content (AvgIpc) is 3.57. The molecule has 0 radical (unpaired) electrons. The lowest BCUT2D eigenvalue weighted by atomic mass is 9.77. The van der Waals surface area contributed by atoms with Crippen molar-refractivity contribution in [1.29, 1.82) is 0 Å². The summed E-state index contributed by atoms with van der Waals surface area (Å²) in [5, 5.41) is 7.12. The molecule has 0 bridgehead atoms. The second kappa shape index (κ2) is 11.2. The van der Waals surface area contributed by atoms with E-state index in [2.05, 4.69) is 0 Å². The van der Waals surface area contributed by atoms with E-state index in [0.29, 0.717) is 24.3 Å². The number of methoxy groups -OCH3 is 2. The Labute approximate surface area is 239 Å². The second-order valence-electron chi connectivity index (χ2n) is 10.3. The number of alkyl halides is 3. The molecule has 3 unspecified atom stereocenters. The van der Waals surface area contributed by atoms with Crippen molar-refractivity contribution in [3.05, 3.63) is 53.6 Å². The molecule has 42 heavy (non-hydrogen) atoms. The van der Waals surface area contributed by atoms with Gasteiger partial charge in [-0.3, -0.25) is 29.0 Å². The zero-order valence-corrected chi connectivity index (χ0v) is 23.2. The van der Waals surface area contributed by atoms with Gasteiger partial charge < -0.3 is 14.6 Å². The van der Waals surface area contributed by atoms with Crippen LogP contribution in [0, 0.1) is 11.8 Å². The van der Waals surface area contributed by atoms with Crippen LogP contribution in [-0.4, -0.2) is 84.0 Å². The molecule has 3 fully saturated rings. The Balaban J connectivity index is 0.000000517. The number of aliphatic carboxylic acids is 1. The summed E-state index contributed by atoms with van der Waals surface area (Å²) in [6.07, 6.45) is -3.88. The molecule has 2 amide bonds. The SMILES string of the molecule is COC(=O)[C@@]12CCCN1C(c1ccc(-c3ccc(C(C)=O)cc3)c(OC)c1)C1C(=O)N(C)C(=O)C12.O=C(O)C(F)(F)F. The van der Waals surface area contributed by atoms with Crippen LogP contribution >= 0.6 is 0 Å². The summed E-state index contributed by atoms with van der Waals surface area (Å²) < 4.78 is 42.6. The van der Waals surface area contributed by atoms with Gasteiger partial charge >= 0.3 is 18.1 Å². The third kappa shape index (κ3) is 4.91. The van der Waals surface area contributed by atoms with Crippen LogP contribution in [0.25, 0.3) is 11.1 Å². The molecule has 3 heterocycles. The molecule has 0 aliphatic carbocycles. The molecule has 0 aromatic heterocycles. The van der Waals surface area contributed by atoms with Gasteiger partial charge in [0.2, 0.25) is 11.8 Å². The molecular weight excluding hydrogens is 561 g/mol. The first-order valence-corrected chi connectivity index (χ1v) is 13.0. The van der Waals surface area contributed by atoms with Crippen molar-refractivity contribution in [2.24, 2.45) is 11.8 Å². The maximum Gasteiger partial charge on any atom is 0.490 e. The van der Waals surface area contributed by atoms with Crippen molar-refractivity contribution in [2.75, 3.05) is 27.8 Å². The molecule has 3 aliphatic rings. The highest BCUT2D eigenvalue weighted by atomic mass is 19.4. The standard InChI is InChI=1S/C27H28N2O6.C2HF3O2/c1-15(30)16-6-8-17(9-7-16)19-11-10-18(14-20(19)34-3)23-21-22(25(32)28(2)24(21)31)27(26(33)35-4)12-5-13-29(23)27;3-2(4,5)1(6)7/h6-11,14,21-23H,5,12-13H2,1-4H3;(H,6,7)/t21?,22?,23?,27-;/m0./s1. The van der Waals surface area contributed by atoms with Crippen LogP contribution in [0.3, 0.4) is 0 Å². The molecule has 3 saturated heterocycles. The fraction of sp³-hybridized carbons (Fsp3) is 0.414. The summed E-state index contributed by atoms with van der Waals surface area (Å²) in [7, 11) is 4.39. The Morgan fingerprint density at radius 2 is 1.64 bits per heavy atom. The van der Waals surface area contributed by atoms with Gasteiger partial charge in [0.25, 0.3) is 0 Å². The first kappa shape index (κ1) is 30.7. The number of rotatable bonds is 5. The summed E-state index contributed by atoms with van der Waals surface area (Å²) in [5.74, 6) is -4.66. The molecule has 1 N–H and O–H groups in total. The number of carboxylic acid groups (broad SMARTS) is 1. The molecule has 4 atom stereocenters. The lowest BCUT2D eigenvalue weighted by molar-refractivity contribution is -0.192. The molecule has 2 aromatic carbocycles. The maximum absolute atomic E-state index is 13.3. The summed E-state index contributed by atoms with van der Waals surface area (Å²) in [6, 6.07) is 12.6. The van der Waals surface area contributed by atoms with E-state index in [4.69, 9.17) is 19.4 Å². The Morgan fingerprint density at radius 3 is 2.17 bits per heavy atom. The van der Waals surface area contributed by atoms with E-state index in [1.807, 2.05) is 35.2 Å². The fourth-order valence-corrected chi connectivity index (χ4v) is 6.36. The van der Waals surface area contributed by atoms with E-state index in [-0.39, 0.29) is 17.6 Å². The minimum absolute atomic E-state index is 0.00454. The Kier molecular flexibility index (Phi) is 8.18. The van der Waals surface area contributed by atoms with E-state index < -0.39 is 41.5 Å². The highest BCUT2D eigenvalue weighted by Crippen LogP contribution is 2.59. The van der Waals surface area contributed by atoms with Crippen LogP contribution in [0.2, 0.25) is 0 Å². The van der Waals surface area contributed by atoms with Gasteiger partial charge in [-0.05, 0) is 43.5 Å². The number of Topliss-reactive ketones (excluding diaryl/α,β-unsaturated/α-hetero) is 1. The molecule has 3 aliphatic heterocycles. The molecule has 2 aromatic rings. The van der Waals surface area contributed by atoms with E-state index in [9.17, 15) is 32.3 Å². The zero-order valence-electron chi connectivity index (χ0n) is 23.2. The Bertz CT molecular complexity index is 1440.